The highest BCUT2D eigenvalue weighted by Crippen LogP contribution is 2.51. The molecule has 36 heavy (non-hydrogen) atoms. The first kappa shape index (κ1) is 24.2. The second kappa shape index (κ2) is 11.0. The van der Waals surface area contributed by atoms with Gasteiger partial charge in [0.1, 0.15) is 10.5 Å². The summed E-state index contributed by atoms with van der Waals surface area (Å²) >= 11 is 2.61. The van der Waals surface area contributed by atoms with Crippen molar-refractivity contribution in [2.75, 3.05) is 0 Å². The number of amidine groups is 1. The summed E-state index contributed by atoms with van der Waals surface area (Å²) in [7, 11) is 0. The van der Waals surface area contributed by atoms with E-state index in [9.17, 15) is 9.90 Å². The predicted molar refractivity (Wildman–Crippen MR) is 150 cm³/mol. The van der Waals surface area contributed by atoms with Crippen LogP contribution >= 0.6 is 23.5 Å². The Morgan fingerprint density at radius 2 is 1.42 bits per heavy atom. The molecule has 0 aliphatic carbocycles. The largest absolute Gasteiger partial charge is 0.363 e. The topological polar surface area (TPSA) is 62.0 Å². The summed E-state index contributed by atoms with van der Waals surface area (Å²) in [5.74, 6) is -0.0153. The summed E-state index contributed by atoms with van der Waals surface area (Å²) in [6.45, 7) is 0. The zero-order chi connectivity index (χ0) is 24.8. The van der Waals surface area contributed by atoms with Crippen molar-refractivity contribution in [1.29, 1.82) is 0 Å². The van der Waals surface area contributed by atoms with E-state index >= 15 is 0 Å². The Balaban J connectivity index is 1.42. The molecule has 4 aromatic carbocycles. The Morgan fingerprint density at radius 1 is 0.861 bits per heavy atom. The molecule has 3 unspecified atom stereocenters. The fourth-order valence-electron chi connectivity index (χ4n) is 4.07. The Kier molecular flexibility index (Phi) is 7.40. The molecule has 0 radical (unpaired) electrons. The maximum absolute atomic E-state index is 13.3. The standard InChI is InChI=1S/C30H23N2O2S2/c33-26(22-13-5-1-6-14-22)27(23-15-7-2-8-16-23)35-21-31-29-32-30(34,25-19-11-4-12-20-25)28(36-29)24-17-9-3-10-18-24/h1-20,27-28,34H/q+1. The van der Waals surface area contributed by atoms with Crippen LogP contribution in [0.2, 0.25) is 0 Å². The van der Waals surface area contributed by atoms with E-state index in [0.717, 1.165) is 11.1 Å². The van der Waals surface area contributed by atoms with E-state index in [4.69, 9.17) is 0 Å². The fraction of sp³-hybridized carbons (Fsp3) is 0.100. The minimum atomic E-state index is -1.46. The van der Waals surface area contributed by atoms with Crippen LogP contribution in [-0.4, -0.2) is 21.6 Å². The van der Waals surface area contributed by atoms with Gasteiger partial charge in [0.15, 0.2) is 5.78 Å². The van der Waals surface area contributed by atoms with Gasteiger partial charge in [0, 0.05) is 27.9 Å². The lowest BCUT2D eigenvalue weighted by Gasteiger charge is -2.25. The van der Waals surface area contributed by atoms with Crippen molar-refractivity contribution in [2.24, 2.45) is 9.98 Å². The minimum absolute atomic E-state index is 0.0153. The number of ketones is 1. The number of aliphatic hydroxyl groups is 1. The first-order valence-corrected chi connectivity index (χ1v) is 13.3. The Labute approximate surface area is 219 Å². The van der Waals surface area contributed by atoms with Crippen LogP contribution < -0.4 is 0 Å². The molecule has 6 heteroatoms. The van der Waals surface area contributed by atoms with Crippen molar-refractivity contribution < 1.29 is 9.90 Å². The number of nitrogens with zero attached hydrogens (tertiary/aromatic N) is 2. The first-order valence-electron chi connectivity index (χ1n) is 11.5. The van der Waals surface area contributed by atoms with Gasteiger partial charge in [-0.1, -0.05) is 121 Å². The van der Waals surface area contributed by atoms with Crippen LogP contribution in [0.5, 0.6) is 0 Å². The normalized spacial score (nSPS) is 20.0. The third kappa shape index (κ3) is 5.18. The number of rotatable bonds is 7. The van der Waals surface area contributed by atoms with Gasteiger partial charge in [0.05, 0.1) is 11.8 Å². The number of hydrogen-bond donors (Lipinski definition) is 1. The van der Waals surface area contributed by atoms with Crippen LogP contribution in [0.1, 0.15) is 37.5 Å². The fourth-order valence-corrected chi connectivity index (χ4v) is 6.06. The van der Waals surface area contributed by atoms with Crippen molar-refractivity contribution in [2.45, 2.75) is 16.2 Å². The number of hydrogen-bond acceptors (Lipinski definition) is 6. The smallest absolute Gasteiger partial charge is 0.341 e. The van der Waals surface area contributed by atoms with E-state index in [1.165, 1.54) is 23.5 Å². The maximum Gasteiger partial charge on any atom is 0.341 e. The molecular weight excluding hydrogens is 484 g/mol. The quantitative estimate of drug-likeness (QED) is 0.127. The van der Waals surface area contributed by atoms with Crippen LogP contribution in [0.25, 0.3) is 0 Å². The van der Waals surface area contributed by atoms with Gasteiger partial charge in [-0.15, -0.1) is 4.99 Å². The molecule has 0 aromatic heterocycles. The molecule has 3 atom stereocenters. The predicted octanol–water partition coefficient (Wildman–Crippen LogP) is 6.94. The van der Waals surface area contributed by atoms with Crippen LogP contribution in [0.3, 0.4) is 0 Å². The maximum atomic E-state index is 13.3. The molecule has 5 rings (SSSR count). The summed E-state index contributed by atoms with van der Waals surface area (Å²) in [6.07, 6.45) is 0. The molecule has 1 heterocycles. The van der Waals surface area contributed by atoms with Gasteiger partial charge in [-0.05, 0) is 11.1 Å². The summed E-state index contributed by atoms with van der Waals surface area (Å²) in [6, 6.07) is 38.1. The highest BCUT2D eigenvalue weighted by molar-refractivity contribution is 8.15. The van der Waals surface area contributed by atoms with Crippen molar-refractivity contribution in [1.82, 2.24) is 0 Å². The summed E-state index contributed by atoms with van der Waals surface area (Å²) in [5.41, 5.74) is 4.70. The van der Waals surface area contributed by atoms with Crippen LogP contribution in [0, 0.1) is 0 Å². The van der Waals surface area contributed by atoms with Crippen LogP contribution in [0.15, 0.2) is 131 Å². The molecule has 176 valence electrons. The first-order chi connectivity index (χ1) is 17.6. The second-order valence-electron chi connectivity index (χ2n) is 8.24. The SMILES string of the molecule is O=C(c1ccccc1)C(S[C+]=NC1=NC(O)(c2ccccc2)C(c2ccccc2)S1)c1ccccc1. The molecule has 4 aromatic rings. The van der Waals surface area contributed by atoms with E-state index < -0.39 is 11.0 Å². The van der Waals surface area contributed by atoms with E-state index in [0.29, 0.717) is 16.3 Å². The lowest BCUT2D eigenvalue weighted by Crippen LogP contribution is -2.26. The van der Waals surface area contributed by atoms with Crippen molar-refractivity contribution in [3.8, 4) is 0 Å². The van der Waals surface area contributed by atoms with Crippen molar-refractivity contribution >= 4 is 40.0 Å². The third-order valence-corrected chi connectivity index (χ3v) is 8.02. The summed E-state index contributed by atoms with van der Waals surface area (Å²) in [5, 5.41) is 11.3. The van der Waals surface area contributed by atoms with Crippen molar-refractivity contribution in [3.63, 3.8) is 0 Å². The number of benzene rings is 4. The second-order valence-corrected chi connectivity index (χ2v) is 10.2. The molecule has 0 saturated heterocycles. The van der Waals surface area contributed by atoms with Gasteiger partial charge < -0.3 is 5.11 Å². The number of aliphatic imine (C=N–C) groups is 2. The summed E-state index contributed by atoms with van der Waals surface area (Å²) < 4.78 is 0. The molecule has 0 spiro atoms. The van der Waals surface area contributed by atoms with Crippen molar-refractivity contribution in [3.05, 3.63) is 144 Å². The number of thioether (sulfide) groups is 2. The van der Waals surface area contributed by atoms with Gasteiger partial charge in [-0.3, -0.25) is 4.79 Å². The molecular formula is C30H23N2O2S2+. The lowest BCUT2D eigenvalue weighted by atomic mass is 9.95. The van der Waals surface area contributed by atoms with Gasteiger partial charge in [-0.25, -0.2) is 0 Å². The molecule has 1 aliphatic heterocycles. The average molecular weight is 508 g/mol. The Bertz CT molecular complexity index is 1360. The van der Waals surface area contributed by atoms with Gasteiger partial charge in [-0.2, -0.15) is 0 Å². The zero-order valence-corrected chi connectivity index (χ0v) is 20.9. The van der Waals surface area contributed by atoms with E-state index in [1.54, 1.807) is 0 Å². The average Bonchev–Trinajstić information content (AvgIpc) is 3.30. The lowest BCUT2D eigenvalue weighted by molar-refractivity contribution is 0.0468. The van der Waals surface area contributed by atoms with E-state index in [2.05, 4.69) is 15.5 Å². The van der Waals surface area contributed by atoms with Gasteiger partial charge in [0.2, 0.25) is 5.72 Å². The van der Waals surface area contributed by atoms with Crippen LogP contribution in [0.4, 0.5) is 0 Å². The third-order valence-electron chi connectivity index (χ3n) is 5.87. The summed E-state index contributed by atoms with van der Waals surface area (Å²) in [4.78, 5) is 22.4. The number of Topliss-reactive ketones (excluding diaryl/α,β-unsaturated/α-hetero) is 1. The Hall–Kier alpha value is -3.54. The molecule has 0 saturated carbocycles. The molecule has 4 nitrogen and oxygen atoms in total. The number of carbonyl (C=O) groups excluding carboxylic acids is 1. The highest BCUT2D eigenvalue weighted by Gasteiger charge is 2.50. The number of carbonyl (C=O) groups is 1. The molecule has 0 bridgehead atoms. The molecule has 1 aliphatic rings. The highest BCUT2D eigenvalue weighted by atomic mass is 32.2. The molecule has 1 N–H and O–H groups in total. The molecule has 0 amide bonds. The molecule has 0 fully saturated rings. The minimum Gasteiger partial charge on any atom is -0.363 e. The Morgan fingerprint density at radius 3 is 2.06 bits per heavy atom. The van der Waals surface area contributed by atoms with Gasteiger partial charge in [0.25, 0.3) is 5.55 Å². The van der Waals surface area contributed by atoms with E-state index in [-0.39, 0.29) is 11.0 Å². The van der Waals surface area contributed by atoms with Crippen LogP contribution in [-0.2, 0) is 5.72 Å². The van der Waals surface area contributed by atoms with E-state index in [1.807, 2.05) is 121 Å². The monoisotopic (exact) mass is 507 g/mol. The van der Waals surface area contributed by atoms with Gasteiger partial charge >= 0.3 is 5.17 Å². The zero-order valence-electron chi connectivity index (χ0n) is 19.3.